The van der Waals surface area contributed by atoms with E-state index in [1.54, 1.807) is 4.57 Å². The van der Waals surface area contributed by atoms with Crippen LogP contribution in [0.1, 0.15) is 29.9 Å². The summed E-state index contributed by atoms with van der Waals surface area (Å²) in [5.41, 5.74) is 6.86. The fourth-order valence-electron chi connectivity index (χ4n) is 4.23. The van der Waals surface area contributed by atoms with Gasteiger partial charge in [0.25, 0.3) is 0 Å². The first-order valence-corrected chi connectivity index (χ1v) is 9.16. The molecule has 0 bridgehead atoms. The zero-order valence-corrected chi connectivity index (χ0v) is 15.5. The first-order valence-electron chi connectivity index (χ1n) is 8.76. The fourth-order valence-corrected chi connectivity index (χ4v) is 4.58. The number of nitrogens with zero attached hydrogens (tertiary/aromatic N) is 2. The van der Waals surface area contributed by atoms with Crippen molar-refractivity contribution in [1.29, 1.82) is 0 Å². The van der Waals surface area contributed by atoms with Crippen LogP contribution in [0.5, 0.6) is 5.88 Å². The maximum absolute atomic E-state index is 10.5. The van der Waals surface area contributed by atoms with Crippen LogP contribution in [0.3, 0.4) is 0 Å². The van der Waals surface area contributed by atoms with Crippen LogP contribution in [-0.2, 0) is 13.5 Å². The third kappa shape index (κ3) is 1.92. The average molecular weight is 361 g/mol. The lowest BCUT2D eigenvalue weighted by Gasteiger charge is -2.22. The van der Waals surface area contributed by atoms with E-state index >= 15 is 0 Å². The van der Waals surface area contributed by atoms with Crippen molar-refractivity contribution in [3.05, 3.63) is 70.3 Å². The van der Waals surface area contributed by atoms with Gasteiger partial charge >= 0.3 is 0 Å². The molecule has 0 saturated heterocycles. The molecule has 5 rings (SSSR count). The maximum atomic E-state index is 10.5. The summed E-state index contributed by atoms with van der Waals surface area (Å²) in [5.74, 6) is 0.265. The van der Waals surface area contributed by atoms with Gasteiger partial charge in [-0.25, -0.2) is 0 Å². The number of aromatic amines is 1. The summed E-state index contributed by atoms with van der Waals surface area (Å²) in [6.07, 6.45) is 0.675. The molecule has 1 aliphatic heterocycles. The maximum Gasteiger partial charge on any atom is 0.213 e. The van der Waals surface area contributed by atoms with E-state index < -0.39 is 0 Å². The quantitative estimate of drug-likeness (QED) is 0.473. The van der Waals surface area contributed by atoms with Crippen LogP contribution >= 0.6 is 12.2 Å². The van der Waals surface area contributed by atoms with Gasteiger partial charge in [0.05, 0.1) is 17.3 Å². The third-order valence-corrected chi connectivity index (χ3v) is 6.04. The van der Waals surface area contributed by atoms with Crippen molar-refractivity contribution in [3.63, 3.8) is 0 Å². The fraction of sp³-hybridized carbons (Fsp3) is 0.190. The molecule has 1 atom stereocenters. The van der Waals surface area contributed by atoms with Crippen LogP contribution in [0.2, 0.25) is 0 Å². The first-order chi connectivity index (χ1) is 12.6. The molecule has 0 fully saturated rings. The molecule has 0 amide bonds. The van der Waals surface area contributed by atoms with Crippen LogP contribution in [0.15, 0.2) is 48.5 Å². The molecule has 1 aliphatic rings. The van der Waals surface area contributed by atoms with Gasteiger partial charge in [-0.1, -0.05) is 48.5 Å². The first kappa shape index (κ1) is 15.5. The molecule has 26 heavy (non-hydrogen) atoms. The van der Waals surface area contributed by atoms with E-state index in [-0.39, 0.29) is 11.9 Å². The van der Waals surface area contributed by atoms with Gasteiger partial charge in [-0.05, 0) is 30.3 Å². The highest BCUT2D eigenvalue weighted by Crippen LogP contribution is 2.41. The molecular formula is C21H19N3OS. The Morgan fingerprint density at radius 3 is 2.65 bits per heavy atom. The zero-order valence-electron chi connectivity index (χ0n) is 14.7. The number of rotatable bonds is 1. The zero-order chi connectivity index (χ0) is 18.0. The number of hydrogen-bond acceptors (Lipinski definition) is 2. The lowest BCUT2D eigenvalue weighted by atomic mass is 9.96. The highest BCUT2D eigenvalue weighted by molar-refractivity contribution is 7.71. The van der Waals surface area contributed by atoms with Crippen LogP contribution in [0.4, 0.5) is 0 Å². The summed E-state index contributed by atoms with van der Waals surface area (Å²) in [5, 5.41) is 11.7. The van der Waals surface area contributed by atoms with Gasteiger partial charge in [-0.3, -0.25) is 4.57 Å². The summed E-state index contributed by atoms with van der Waals surface area (Å²) in [7, 11) is 1.82. The van der Waals surface area contributed by atoms with Crippen molar-refractivity contribution in [2.75, 3.05) is 0 Å². The highest BCUT2D eigenvalue weighted by Gasteiger charge is 2.30. The Morgan fingerprint density at radius 2 is 1.88 bits per heavy atom. The molecule has 2 aromatic heterocycles. The number of benzene rings is 2. The van der Waals surface area contributed by atoms with Crippen LogP contribution in [0.25, 0.3) is 22.0 Å². The number of H-pyrrole nitrogens is 1. The van der Waals surface area contributed by atoms with Crippen LogP contribution < -0.4 is 0 Å². The van der Waals surface area contributed by atoms with Crippen LogP contribution in [-0.4, -0.2) is 19.2 Å². The van der Waals surface area contributed by atoms with E-state index in [4.69, 9.17) is 12.2 Å². The second-order valence-electron chi connectivity index (χ2n) is 6.95. The molecule has 4 aromatic rings. The summed E-state index contributed by atoms with van der Waals surface area (Å²) < 4.78 is 4.40. The Hall–Kier alpha value is -2.79. The third-order valence-electron chi connectivity index (χ3n) is 5.57. The van der Waals surface area contributed by atoms with Gasteiger partial charge in [0, 0.05) is 30.1 Å². The Kier molecular flexibility index (Phi) is 3.18. The Bertz CT molecular complexity index is 1210. The second-order valence-corrected chi connectivity index (χ2v) is 7.31. The molecule has 2 N–H and O–H groups in total. The smallest absolute Gasteiger partial charge is 0.213 e. The van der Waals surface area contributed by atoms with Crippen molar-refractivity contribution < 1.29 is 5.11 Å². The molecule has 0 saturated carbocycles. The number of aromatic hydroxyl groups is 1. The molecule has 130 valence electrons. The number of imidazole rings is 1. The molecule has 0 radical (unpaired) electrons. The lowest BCUT2D eigenvalue weighted by molar-refractivity contribution is 0.423. The van der Waals surface area contributed by atoms with E-state index in [9.17, 15) is 5.11 Å². The molecule has 5 heteroatoms. The van der Waals surface area contributed by atoms with E-state index in [0.717, 1.165) is 11.2 Å². The topological polar surface area (TPSA) is 45.9 Å². The summed E-state index contributed by atoms with van der Waals surface area (Å²) in [6, 6.07) is 16.9. The molecule has 4 nitrogen and oxygen atoms in total. The van der Waals surface area contributed by atoms with Gasteiger partial charge in [-0.2, -0.15) is 0 Å². The van der Waals surface area contributed by atoms with Crippen LogP contribution in [0, 0.1) is 4.77 Å². The van der Waals surface area contributed by atoms with Gasteiger partial charge in [0.15, 0.2) is 4.77 Å². The number of para-hydroxylation sites is 1. The Balaban J connectivity index is 1.78. The Morgan fingerprint density at radius 1 is 1.12 bits per heavy atom. The Labute approximate surface area is 156 Å². The van der Waals surface area contributed by atoms with E-state index in [0.29, 0.717) is 11.2 Å². The van der Waals surface area contributed by atoms with Crippen molar-refractivity contribution >= 4 is 23.1 Å². The normalized spacial score (nSPS) is 15.8. The number of fused-ring (bicyclic) bond motifs is 4. The number of hydrogen-bond donors (Lipinski definition) is 2. The molecule has 0 spiro atoms. The lowest BCUT2D eigenvalue weighted by Crippen LogP contribution is -2.18. The summed E-state index contributed by atoms with van der Waals surface area (Å²) in [4.78, 5) is 3.67. The minimum atomic E-state index is 0.0596. The molecule has 3 heterocycles. The van der Waals surface area contributed by atoms with Gasteiger partial charge in [-0.15, -0.1) is 0 Å². The largest absolute Gasteiger partial charge is 0.493 e. The van der Waals surface area contributed by atoms with Crippen molar-refractivity contribution in [3.8, 4) is 17.0 Å². The average Bonchev–Trinajstić information content (AvgIpc) is 3.15. The van der Waals surface area contributed by atoms with Gasteiger partial charge < -0.3 is 14.7 Å². The highest BCUT2D eigenvalue weighted by atomic mass is 32.1. The molecule has 0 aliphatic carbocycles. The number of nitrogens with one attached hydrogen (secondary N) is 1. The molecule has 0 unspecified atom stereocenters. The molecular weight excluding hydrogens is 342 g/mol. The van der Waals surface area contributed by atoms with E-state index in [2.05, 4.69) is 58.9 Å². The van der Waals surface area contributed by atoms with Gasteiger partial charge in [0.1, 0.15) is 0 Å². The predicted octanol–water partition coefficient (Wildman–Crippen LogP) is 4.92. The van der Waals surface area contributed by atoms with E-state index in [1.165, 1.54) is 27.8 Å². The van der Waals surface area contributed by atoms with E-state index in [1.807, 2.05) is 13.1 Å². The SMILES string of the molecule is C[C@H]1c2[nH]c3c(-c4ccccc4)cccc3c2Cc2c(O)n(C)c(=S)n21. The summed E-state index contributed by atoms with van der Waals surface area (Å²) >= 11 is 5.54. The number of aromatic nitrogens is 3. The standard InChI is InChI=1S/C21H19N3OS/c1-12-18-16(11-17-20(25)23(2)21(26)24(12)17)15-10-6-9-14(19(15)22-18)13-7-4-3-5-8-13/h3-10,12,22,25H,11H2,1-2H3/t12-/m0/s1. The summed E-state index contributed by atoms with van der Waals surface area (Å²) in [6.45, 7) is 2.13. The minimum absolute atomic E-state index is 0.0596. The minimum Gasteiger partial charge on any atom is -0.493 e. The van der Waals surface area contributed by atoms with Crippen molar-refractivity contribution in [1.82, 2.24) is 14.1 Å². The van der Waals surface area contributed by atoms with Crippen molar-refractivity contribution in [2.24, 2.45) is 7.05 Å². The predicted molar refractivity (Wildman–Crippen MR) is 106 cm³/mol. The second kappa shape index (κ2) is 5.35. The molecule has 2 aromatic carbocycles. The van der Waals surface area contributed by atoms with Gasteiger partial charge in [0.2, 0.25) is 5.88 Å². The monoisotopic (exact) mass is 361 g/mol. The van der Waals surface area contributed by atoms with Crippen molar-refractivity contribution in [2.45, 2.75) is 19.4 Å².